The maximum atomic E-state index is 9.51. The number of benzene rings is 1. The van der Waals surface area contributed by atoms with Crippen LogP contribution in [-0.2, 0) is 6.61 Å². The van der Waals surface area contributed by atoms with Crippen LogP contribution in [0.1, 0.15) is 29.4 Å². The van der Waals surface area contributed by atoms with E-state index in [1.54, 1.807) is 10.7 Å². The van der Waals surface area contributed by atoms with Crippen molar-refractivity contribution in [2.24, 2.45) is 5.73 Å². The van der Waals surface area contributed by atoms with E-state index in [1.165, 1.54) is 11.3 Å². The Hall–Kier alpha value is -3.53. The number of rotatable bonds is 5. The molecule has 0 saturated carbocycles. The Balaban J connectivity index is 1.77. The number of aliphatic hydroxyl groups is 1. The van der Waals surface area contributed by atoms with Gasteiger partial charge in [-0.05, 0) is 50.2 Å². The van der Waals surface area contributed by atoms with E-state index in [4.69, 9.17) is 10.7 Å². The summed E-state index contributed by atoms with van der Waals surface area (Å²) in [5, 5.41) is 25.3. The van der Waals surface area contributed by atoms with Gasteiger partial charge in [-0.2, -0.15) is 5.10 Å². The van der Waals surface area contributed by atoms with Gasteiger partial charge in [0, 0.05) is 22.6 Å². The highest BCUT2D eigenvalue weighted by molar-refractivity contribution is 7.14. The molecule has 5 rings (SSSR count). The number of hydrogen-bond donors (Lipinski definition) is 2. The molecule has 0 saturated heterocycles. The van der Waals surface area contributed by atoms with Gasteiger partial charge in [0.1, 0.15) is 10.0 Å². The molecule has 1 aromatic carbocycles. The topological polar surface area (TPSA) is 116 Å². The van der Waals surface area contributed by atoms with E-state index in [-0.39, 0.29) is 12.6 Å². The van der Waals surface area contributed by atoms with Gasteiger partial charge in [0.05, 0.1) is 35.4 Å². The molecule has 0 fully saturated rings. The second-order valence-corrected chi connectivity index (χ2v) is 8.70. The minimum absolute atomic E-state index is 0.137. The molecule has 5 aromatic rings. The smallest absolute Gasteiger partial charge is 0.154 e. The van der Waals surface area contributed by atoms with Gasteiger partial charge in [-0.25, -0.2) is 9.67 Å². The molecule has 32 heavy (non-hydrogen) atoms. The minimum atomic E-state index is -0.167. The molecule has 160 valence electrons. The number of aromatic nitrogens is 6. The summed E-state index contributed by atoms with van der Waals surface area (Å²) in [6.07, 6.45) is 1.81. The van der Waals surface area contributed by atoms with Crippen molar-refractivity contribution in [3.8, 4) is 27.6 Å². The highest BCUT2D eigenvalue weighted by atomic mass is 32.1. The van der Waals surface area contributed by atoms with Gasteiger partial charge < -0.3 is 10.8 Å². The van der Waals surface area contributed by atoms with E-state index in [9.17, 15) is 5.11 Å². The Kier molecular flexibility index (Phi) is 5.22. The summed E-state index contributed by atoms with van der Waals surface area (Å²) in [6, 6.07) is 15.3. The molecule has 0 spiro atoms. The third-order valence-electron chi connectivity index (χ3n) is 5.15. The second-order valence-electron chi connectivity index (χ2n) is 7.52. The van der Waals surface area contributed by atoms with E-state index in [0.717, 1.165) is 43.4 Å². The molecule has 0 bridgehead atoms. The van der Waals surface area contributed by atoms with E-state index in [2.05, 4.69) is 26.3 Å². The Morgan fingerprint density at radius 2 is 1.94 bits per heavy atom. The quantitative estimate of drug-likeness (QED) is 0.424. The van der Waals surface area contributed by atoms with Crippen LogP contribution in [-0.4, -0.2) is 35.1 Å². The van der Waals surface area contributed by atoms with Crippen LogP contribution in [0.2, 0.25) is 0 Å². The van der Waals surface area contributed by atoms with Gasteiger partial charge in [0.15, 0.2) is 5.82 Å². The Morgan fingerprint density at radius 1 is 1.09 bits per heavy atom. The van der Waals surface area contributed by atoms with Crippen molar-refractivity contribution in [3.63, 3.8) is 0 Å². The molecular formula is C23H21N7OS. The van der Waals surface area contributed by atoms with Crippen LogP contribution < -0.4 is 5.73 Å². The second kappa shape index (κ2) is 8.19. The molecule has 0 amide bonds. The fraction of sp³-hybridized carbons (Fsp3) is 0.174. The molecule has 4 aromatic heterocycles. The minimum Gasteiger partial charge on any atom is -0.390 e. The van der Waals surface area contributed by atoms with E-state index in [1.807, 2.05) is 56.4 Å². The fourth-order valence-electron chi connectivity index (χ4n) is 3.58. The van der Waals surface area contributed by atoms with Crippen LogP contribution in [0.15, 0.2) is 54.7 Å². The Labute approximate surface area is 188 Å². The summed E-state index contributed by atoms with van der Waals surface area (Å²) in [5.41, 5.74) is 11.0. The van der Waals surface area contributed by atoms with Crippen molar-refractivity contribution in [1.29, 1.82) is 0 Å². The van der Waals surface area contributed by atoms with Crippen LogP contribution in [0.5, 0.6) is 0 Å². The van der Waals surface area contributed by atoms with Crippen molar-refractivity contribution in [3.05, 3.63) is 71.1 Å². The lowest BCUT2D eigenvalue weighted by Crippen LogP contribution is -2.07. The molecule has 0 aliphatic heterocycles. The molecule has 8 nitrogen and oxygen atoms in total. The number of aliphatic hydroxyl groups excluding tert-OH is 1. The maximum Gasteiger partial charge on any atom is 0.154 e. The normalized spacial score (nSPS) is 12.4. The molecule has 1 atom stereocenters. The van der Waals surface area contributed by atoms with Crippen molar-refractivity contribution >= 4 is 22.2 Å². The SMILES string of the molecule is Cc1nnc(-c2cc(-c3cccc(C(C)N)n3)cc3c2cnn3-c2cccc(CO)n2)s1. The van der Waals surface area contributed by atoms with Crippen molar-refractivity contribution in [1.82, 2.24) is 29.9 Å². The zero-order valence-electron chi connectivity index (χ0n) is 17.6. The van der Waals surface area contributed by atoms with Gasteiger partial charge in [0.2, 0.25) is 0 Å². The van der Waals surface area contributed by atoms with E-state index >= 15 is 0 Å². The number of nitrogens with zero attached hydrogens (tertiary/aromatic N) is 6. The van der Waals surface area contributed by atoms with Crippen molar-refractivity contribution in [2.45, 2.75) is 26.5 Å². The number of fused-ring (bicyclic) bond motifs is 1. The van der Waals surface area contributed by atoms with Gasteiger partial charge in [0.25, 0.3) is 0 Å². The molecule has 0 aliphatic rings. The van der Waals surface area contributed by atoms with Gasteiger partial charge >= 0.3 is 0 Å². The van der Waals surface area contributed by atoms with Gasteiger partial charge in [-0.15, -0.1) is 10.2 Å². The average Bonchev–Trinajstić information content (AvgIpc) is 3.45. The van der Waals surface area contributed by atoms with Crippen LogP contribution in [0.25, 0.3) is 38.5 Å². The summed E-state index contributed by atoms with van der Waals surface area (Å²) in [6.45, 7) is 3.71. The largest absolute Gasteiger partial charge is 0.390 e. The standard InChI is InChI=1S/C23H21N7OS/c1-13(24)19-6-4-7-20(27-19)15-9-17(23-29-28-14(2)32-23)18-11-25-30(21(18)10-15)22-8-3-5-16(12-31)26-22/h3-11,13,31H,12,24H2,1-2H3. The number of pyridine rings is 2. The summed E-state index contributed by atoms with van der Waals surface area (Å²) in [5.74, 6) is 0.625. The highest BCUT2D eigenvalue weighted by Gasteiger charge is 2.17. The van der Waals surface area contributed by atoms with E-state index < -0.39 is 0 Å². The van der Waals surface area contributed by atoms with Crippen LogP contribution in [0.4, 0.5) is 0 Å². The molecule has 9 heteroatoms. The number of aryl methyl sites for hydroxylation is 1. The molecular weight excluding hydrogens is 422 g/mol. The summed E-state index contributed by atoms with van der Waals surface area (Å²) >= 11 is 1.53. The zero-order valence-corrected chi connectivity index (χ0v) is 18.4. The third kappa shape index (κ3) is 3.66. The fourth-order valence-corrected chi connectivity index (χ4v) is 4.30. The van der Waals surface area contributed by atoms with Crippen molar-refractivity contribution in [2.75, 3.05) is 0 Å². The first-order valence-corrected chi connectivity index (χ1v) is 11.0. The summed E-state index contributed by atoms with van der Waals surface area (Å²) in [7, 11) is 0. The van der Waals surface area contributed by atoms with E-state index in [0.29, 0.717) is 11.5 Å². The van der Waals surface area contributed by atoms with Crippen molar-refractivity contribution < 1.29 is 5.11 Å². The maximum absolute atomic E-state index is 9.51. The lowest BCUT2D eigenvalue weighted by atomic mass is 10.0. The Morgan fingerprint density at radius 3 is 2.69 bits per heavy atom. The first-order valence-electron chi connectivity index (χ1n) is 10.2. The molecule has 4 heterocycles. The highest BCUT2D eigenvalue weighted by Crippen LogP contribution is 2.35. The lowest BCUT2D eigenvalue weighted by Gasteiger charge is -2.10. The van der Waals surface area contributed by atoms with Crippen LogP contribution in [0, 0.1) is 6.92 Å². The first-order chi connectivity index (χ1) is 15.5. The van der Waals surface area contributed by atoms with Crippen LogP contribution in [0.3, 0.4) is 0 Å². The molecule has 1 unspecified atom stereocenters. The first kappa shape index (κ1) is 20.4. The number of nitrogens with two attached hydrogens (primary N) is 1. The molecule has 0 aliphatic carbocycles. The Bertz CT molecular complexity index is 1420. The molecule has 3 N–H and O–H groups in total. The lowest BCUT2D eigenvalue weighted by molar-refractivity contribution is 0.276. The van der Waals surface area contributed by atoms with Gasteiger partial charge in [-0.1, -0.05) is 23.5 Å². The monoisotopic (exact) mass is 443 g/mol. The summed E-state index contributed by atoms with van der Waals surface area (Å²) < 4.78 is 1.77. The third-order valence-corrected chi connectivity index (χ3v) is 6.02. The van der Waals surface area contributed by atoms with Gasteiger partial charge in [-0.3, -0.25) is 4.98 Å². The predicted molar refractivity (Wildman–Crippen MR) is 124 cm³/mol. The average molecular weight is 444 g/mol. The predicted octanol–water partition coefficient (Wildman–Crippen LogP) is 3.82. The number of hydrogen-bond acceptors (Lipinski definition) is 8. The molecule has 0 radical (unpaired) electrons. The van der Waals surface area contributed by atoms with Crippen LogP contribution >= 0.6 is 11.3 Å². The zero-order chi connectivity index (χ0) is 22.2. The summed E-state index contributed by atoms with van der Waals surface area (Å²) in [4.78, 5) is 9.29.